The Labute approximate surface area is 66.9 Å². The van der Waals surface area contributed by atoms with Crippen molar-refractivity contribution in [2.24, 2.45) is 5.92 Å². The van der Waals surface area contributed by atoms with Gasteiger partial charge in [0.15, 0.2) is 0 Å². The van der Waals surface area contributed by atoms with Crippen LogP contribution in [0.3, 0.4) is 0 Å². The Balaban J connectivity index is 2.25. The lowest BCUT2D eigenvalue weighted by Crippen LogP contribution is -2.38. The number of amides is 1. The molecular weight excluding hydrogens is 198 g/mol. The molecule has 4 unspecified atom stereocenters. The molecule has 2 N–H and O–H groups in total. The molecule has 0 radical (unpaired) electrons. The number of piperidine rings is 1. The molecule has 1 saturated carbocycles. The minimum Gasteiger partial charge on any atom is -0.390 e. The van der Waals surface area contributed by atoms with E-state index >= 15 is 0 Å². The van der Waals surface area contributed by atoms with E-state index in [0.29, 0.717) is 0 Å². The molecule has 56 valence electrons. The summed E-state index contributed by atoms with van der Waals surface area (Å²) in [5.41, 5.74) is 0. The van der Waals surface area contributed by atoms with Crippen molar-refractivity contribution >= 4 is 21.8 Å². The summed E-state index contributed by atoms with van der Waals surface area (Å²) in [6.07, 6.45) is 0.314. The first-order valence-electron chi connectivity index (χ1n) is 3.32. The molecule has 1 aliphatic heterocycles. The Hall–Kier alpha value is -0.0900. The van der Waals surface area contributed by atoms with Crippen molar-refractivity contribution in [1.82, 2.24) is 5.32 Å². The summed E-state index contributed by atoms with van der Waals surface area (Å²) in [6, 6.07) is -0.0440. The minimum atomic E-state index is -0.461. The molecule has 3 nitrogen and oxygen atoms in total. The predicted molar refractivity (Wildman–Crippen MR) is 38.8 cm³/mol. The zero-order valence-corrected chi connectivity index (χ0v) is 6.84. The van der Waals surface area contributed by atoms with Gasteiger partial charge in [-0.15, -0.1) is 0 Å². The molecule has 2 rings (SSSR count). The third-order valence-corrected chi connectivity index (χ3v) is 3.24. The Morgan fingerprint density at radius 3 is 2.70 bits per heavy atom. The average Bonchev–Trinajstić information content (AvgIpc) is 2.26. The lowest BCUT2D eigenvalue weighted by Gasteiger charge is -2.15. The Morgan fingerprint density at radius 2 is 2.40 bits per heavy atom. The van der Waals surface area contributed by atoms with Crippen LogP contribution in [0.5, 0.6) is 0 Å². The average molecular weight is 206 g/mol. The lowest BCUT2D eigenvalue weighted by molar-refractivity contribution is -0.124. The van der Waals surface area contributed by atoms with Gasteiger partial charge in [0.2, 0.25) is 5.91 Å². The lowest BCUT2D eigenvalue weighted by atomic mass is 10.1. The Morgan fingerprint density at radius 1 is 1.70 bits per heavy atom. The van der Waals surface area contributed by atoms with Crippen molar-refractivity contribution in [2.45, 2.75) is 23.4 Å². The quantitative estimate of drug-likeness (QED) is 0.531. The maximum Gasteiger partial charge on any atom is 0.226 e. The van der Waals surface area contributed by atoms with E-state index in [0.717, 1.165) is 6.42 Å². The molecule has 0 aromatic carbocycles. The van der Waals surface area contributed by atoms with Crippen molar-refractivity contribution in [2.75, 3.05) is 0 Å². The van der Waals surface area contributed by atoms with E-state index in [-0.39, 0.29) is 22.7 Å². The molecule has 1 aliphatic carbocycles. The fourth-order valence-electron chi connectivity index (χ4n) is 1.70. The monoisotopic (exact) mass is 205 g/mol. The molecule has 2 aliphatic rings. The van der Waals surface area contributed by atoms with Gasteiger partial charge in [0, 0.05) is 4.83 Å². The van der Waals surface area contributed by atoms with Crippen LogP contribution in [0.15, 0.2) is 0 Å². The number of alkyl halides is 1. The smallest absolute Gasteiger partial charge is 0.226 e. The standard InChI is InChI=1S/C6H8BrNO2/c7-3-1-2-5(9)4(3)8-6(2)10/h2-5,9H,1H2,(H,8,10). The molecular formula is C6H8BrNO2. The maximum atomic E-state index is 10.9. The zero-order chi connectivity index (χ0) is 7.30. The third-order valence-electron chi connectivity index (χ3n) is 2.29. The number of carbonyl (C=O) groups is 1. The zero-order valence-electron chi connectivity index (χ0n) is 5.25. The topological polar surface area (TPSA) is 49.3 Å². The molecule has 1 heterocycles. The summed E-state index contributed by atoms with van der Waals surface area (Å²) in [4.78, 5) is 11.2. The summed E-state index contributed by atoms with van der Waals surface area (Å²) in [5.74, 6) is -0.150. The van der Waals surface area contributed by atoms with Crippen LogP contribution in [0.25, 0.3) is 0 Å². The largest absolute Gasteiger partial charge is 0.390 e. The van der Waals surface area contributed by atoms with Crippen LogP contribution in [-0.4, -0.2) is 28.0 Å². The van der Waals surface area contributed by atoms with Crippen LogP contribution >= 0.6 is 15.9 Å². The molecule has 2 fully saturated rings. The van der Waals surface area contributed by atoms with Crippen molar-refractivity contribution in [3.05, 3.63) is 0 Å². The van der Waals surface area contributed by atoms with Crippen LogP contribution in [0.4, 0.5) is 0 Å². The van der Waals surface area contributed by atoms with Gasteiger partial charge in [-0.1, -0.05) is 15.9 Å². The van der Waals surface area contributed by atoms with E-state index in [2.05, 4.69) is 21.2 Å². The van der Waals surface area contributed by atoms with Crippen molar-refractivity contribution in [3.63, 3.8) is 0 Å². The number of hydrogen-bond donors (Lipinski definition) is 2. The second kappa shape index (κ2) is 1.95. The number of halogens is 1. The van der Waals surface area contributed by atoms with Crippen molar-refractivity contribution in [1.29, 1.82) is 0 Å². The fraction of sp³-hybridized carbons (Fsp3) is 0.833. The number of hydrogen-bond acceptors (Lipinski definition) is 2. The van der Waals surface area contributed by atoms with E-state index in [4.69, 9.17) is 0 Å². The van der Waals surface area contributed by atoms with Crippen molar-refractivity contribution in [3.8, 4) is 0 Å². The Kier molecular flexibility index (Phi) is 1.29. The second-order valence-electron chi connectivity index (χ2n) is 2.88. The maximum absolute atomic E-state index is 10.9. The van der Waals surface area contributed by atoms with E-state index < -0.39 is 6.10 Å². The first-order chi connectivity index (χ1) is 4.70. The van der Waals surface area contributed by atoms with Crippen LogP contribution in [-0.2, 0) is 4.79 Å². The van der Waals surface area contributed by atoms with Crippen LogP contribution in [0.2, 0.25) is 0 Å². The van der Waals surface area contributed by atoms with Gasteiger partial charge in [0.25, 0.3) is 0 Å². The number of carbonyl (C=O) groups excluding carboxylic acids is 1. The minimum absolute atomic E-state index is 0.00759. The highest BCUT2D eigenvalue weighted by Crippen LogP contribution is 2.36. The van der Waals surface area contributed by atoms with Gasteiger partial charge in [0.05, 0.1) is 18.1 Å². The number of nitrogens with one attached hydrogen (secondary N) is 1. The summed E-state index contributed by atoms with van der Waals surface area (Å²) in [6.45, 7) is 0. The van der Waals surface area contributed by atoms with E-state index in [9.17, 15) is 9.90 Å². The third kappa shape index (κ3) is 0.661. The second-order valence-corrected chi connectivity index (χ2v) is 4.06. The van der Waals surface area contributed by atoms with Gasteiger partial charge < -0.3 is 10.4 Å². The summed E-state index contributed by atoms with van der Waals surface area (Å²) in [5, 5.41) is 12.1. The van der Waals surface area contributed by atoms with Crippen molar-refractivity contribution < 1.29 is 9.90 Å². The first-order valence-corrected chi connectivity index (χ1v) is 4.24. The molecule has 2 bridgehead atoms. The van der Waals surface area contributed by atoms with Crippen LogP contribution in [0.1, 0.15) is 6.42 Å². The SMILES string of the molecule is O=C1NC2C(Br)CC1C2O. The fourth-order valence-corrected chi connectivity index (χ4v) is 2.55. The van der Waals surface area contributed by atoms with Gasteiger partial charge in [-0.05, 0) is 6.42 Å². The van der Waals surface area contributed by atoms with Gasteiger partial charge in [-0.2, -0.15) is 0 Å². The normalized spacial score (nSPS) is 51.6. The summed E-state index contributed by atoms with van der Waals surface area (Å²) in [7, 11) is 0. The highest BCUT2D eigenvalue weighted by molar-refractivity contribution is 9.09. The number of rotatable bonds is 0. The summed E-state index contributed by atoms with van der Waals surface area (Å²) < 4.78 is 0. The molecule has 4 atom stereocenters. The molecule has 0 spiro atoms. The van der Waals surface area contributed by atoms with Gasteiger partial charge in [0.1, 0.15) is 0 Å². The summed E-state index contributed by atoms with van der Waals surface area (Å²) >= 11 is 3.39. The molecule has 0 aromatic heterocycles. The number of fused-ring (bicyclic) bond motifs is 2. The highest BCUT2D eigenvalue weighted by Gasteiger charge is 2.51. The van der Waals surface area contributed by atoms with Gasteiger partial charge >= 0.3 is 0 Å². The molecule has 1 saturated heterocycles. The molecule has 4 heteroatoms. The first kappa shape index (κ1) is 6.61. The van der Waals surface area contributed by atoms with Crippen LogP contribution in [0, 0.1) is 5.92 Å². The van der Waals surface area contributed by atoms with Gasteiger partial charge in [-0.3, -0.25) is 4.79 Å². The van der Waals surface area contributed by atoms with E-state index in [1.165, 1.54) is 0 Å². The highest BCUT2D eigenvalue weighted by atomic mass is 79.9. The molecule has 0 aromatic rings. The Bertz CT molecular complexity index is 185. The van der Waals surface area contributed by atoms with E-state index in [1.54, 1.807) is 0 Å². The van der Waals surface area contributed by atoms with E-state index in [1.807, 2.05) is 0 Å². The number of aliphatic hydroxyl groups excluding tert-OH is 1. The van der Waals surface area contributed by atoms with Gasteiger partial charge in [-0.25, -0.2) is 0 Å². The molecule has 1 amide bonds. The number of aliphatic hydroxyl groups is 1. The van der Waals surface area contributed by atoms with Crippen LogP contribution < -0.4 is 5.32 Å². The molecule has 10 heavy (non-hydrogen) atoms. The predicted octanol–water partition coefficient (Wildman–Crippen LogP) is -0.371.